The average molecular weight is 138 g/mol. The molecule has 1 rings (SSSR count). The Kier molecular flexibility index (Phi) is 1.53. The number of carboxylic acids is 1. The molecule has 0 spiro atoms. The summed E-state index contributed by atoms with van der Waals surface area (Å²) in [4.78, 5) is 16.6. The summed E-state index contributed by atoms with van der Waals surface area (Å²) in [7, 11) is 0. The van der Waals surface area contributed by atoms with Gasteiger partial charge in [-0.05, 0) is 0 Å². The highest BCUT2D eigenvalue weighted by molar-refractivity contribution is 6.13. The van der Waals surface area contributed by atoms with Crippen molar-refractivity contribution in [2.24, 2.45) is 0 Å². The molecule has 0 amide bonds. The third-order valence-corrected chi connectivity index (χ3v) is 1.04. The molecule has 0 radical (unpaired) electrons. The van der Waals surface area contributed by atoms with Gasteiger partial charge in [-0.2, -0.15) is 0 Å². The Balaban J connectivity index is 2.88. The number of carbonyl (C=O) groups is 1. The SMILES string of the molecule is C=C(C(=O)O)c1ncc[nH]1. The number of hydrogen-bond acceptors (Lipinski definition) is 2. The molecule has 4 heteroatoms. The number of hydrogen-bond donors (Lipinski definition) is 2. The molecule has 4 nitrogen and oxygen atoms in total. The van der Waals surface area contributed by atoms with Crippen molar-refractivity contribution in [1.82, 2.24) is 9.97 Å². The van der Waals surface area contributed by atoms with Crippen LogP contribution in [0.4, 0.5) is 0 Å². The van der Waals surface area contributed by atoms with Crippen LogP contribution < -0.4 is 0 Å². The predicted octanol–water partition coefficient (Wildman–Crippen LogP) is 0.507. The number of aliphatic carboxylic acids is 1. The van der Waals surface area contributed by atoms with E-state index in [9.17, 15) is 4.79 Å². The number of carboxylic acid groups (broad SMARTS) is 1. The number of nitrogens with one attached hydrogen (secondary N) is 1. The minimum atomic E-state index is -1.06. The van der Waals surface area contributed by atoms with Gasteiger partial charge >= 0.3 is 5.97 Å². The number of aromatic amines is 1. The van der Waals surface area contributed by atoms with E-state index in [1.807, 2.05) is 0 Å². The summed E-state index contributed by atoms with van der Waals surface area (Å²) in [5.74, 6) is -0.762. The van der Waals surface area contributed by atoms with Crippen LogP contribution in [0.3, 0.4) is 0 Å². The molecule has 0 unspecified atom stereocenters. The number of imidazole rings is 1. The first-order valence-corrected chi connectivity index (χ1v) is 2.64. The molecular weight excluding hydrogens is 132 g/mol. The van der Waals surface area contributed by atoms with Gasteiger partial charge in [-0.3, -0.25) is 0 Å². The summed E-state index contributed by atoms with van der Waals surface area (Å²) in [6, 6.07) is 0. The third kappa shape index (κ3) is 1.05. The van der Waals surface area contributed by atoms with Gasteiger partial charge in [0, 0.05) is 12.4 Å². The van der Waals surface area contributed by atoms with Crippen molar-refractivity contribution in [3.05, 3.63) is 24.8 Å². The van der Waals surface area contributed by atoms with Crippen LogP contribution in [0.25, 0.3) is 5.57 Å². The Bertz CT molecular complexity index is 251. The molecule has 10 heavy (non-hydrogen) atoms. The number of rotatable bonds is 2. The summed E-state index contributed by atoms with van der Waals surface area (Å²) in [5.41, 5.74) is -0.0231. The van der Waals surface area contributed by atoms with Crippen molar-refractivity contribution in [2.45, 2.75) is 0 Å². The lowest BCUT2D eigenvalue weighted by Gasteiger charge is -1.91. The van der Waals surface area contributed by atoms with Crippen LogP contribution in [-0.4, -0.2) is 21.0 Å². The molecule has 0 saturated heterocycles. The van der Waals surface area contributed by atoms with E-state index in [2.05, 4.69) is 16.5 Å². The Morgan fingerprint density at radius 3 is 2.90 bits per heavy atom. The van der Waals surface area contributed by atoms with Gasteiger partial charge in [0.25, 0.3) is 0 Å². The minimum Gasteiger partial charge on any atom is -0.478 e. The summed E-state index contributed by atoms with van der Waals surface area (Å²) < 4.78 is 0. The van der Waals surface area contributed by atoms with Crippen molar-refractivity contribution >= 4 is 11.5 Å². The molecule has 1 aromatic heterocycles. The average Bonchev–Trinajstić information content (AvgIpc) is 2.36. The van der Waals surface area contributed by atoms with Gasteiger partial charge in [0.2, 0.25) is 0 Å². The molecule has 0 bridgehead atoms. The van der Waals surface area contributed by atoms with Crippen LogP contribution in [0.15, 0.2) is 19.0 Å². The van der Waals surface area contributed by atoms with Crippen LogP contribution in [0, 0.1) is 0 Å². The highest BCUT2D eigenvalue weighted by Crippen LogP contribution is 2.03. The van der Waals surface area contributed by atoms with E-state index < -0.39 is 5.97 Å². The molecule has 1 heterocycles. The van der Waals surface area contributed by atoms with E-state index >= 15 is 0 Å². The van der Waals surface area contributed by atoms with E-state index in [1.54, 1.807) is 6.20 Å². The van der Waals surface area contributed by atoms with Gasteiger partial charge in [0.15, 0.2) is 0 Å². The van der Waals surface area contributed by atoms with E-state index in [1.165, 1.54) is 6.20 Å². The number of nitrogens with zero attached hydrogens (tertiary/aromatic N) is 1. The smallest absolute Gasteiger partial charge is 0.338 e. The van der Waals surface area contributed by atoms with Crippen molar-refractivity contribution in [2.75, 3.05) is 0 Å². The predicted molar refractivity (Wildman–Crippen MR) is 35.3 cm³/mol. The zero-order chi connectivity index (χ0) is 7.56. The molecule has 2 N–H and O–H groups in total. The molecule has 1 aromatic rings. The number of H-pyrrole nitrogens is 1. The van der Waals surface area contributed by atoms with Crippen LogP contribution in [0.5, 0.6) is 0 Å². The lowest BCUT2D eigenvalue weighted by Crippen LogP contribution is -1.99. The molecule has 0 atom stereocenters. The second-order valence-electron chi connectivity index (χ2n) is 1.72. The first kappa shape index (κ1) is 6.54. The Hall–Kier alpha value is -1.58. The molecule has 0 aliphatic rings. The molecule has 0 fully saturated rings. The van der Waals surface area contributed by atoms with E-state index in [4.69, 9.17) is 5.11 Å². The van der Waals surface area contributed by atoms with Crippen LogP contribution in [0.2, 0.25) is 0 Å². The van der Waals surface area contributed by atoms with Crippen molar-refractivity contribution < 1.29 is 9.90 Å². The lowest BCUT2D eigenvalue weighted by molar-refractivity contribution is -0.130. The van der Waals surface area contributed by atoms with E-state index in [-0.39, 0.29) is 5.57 Å². The molecule has 0 saturated carbocycles. The summed E-state index contributed by atoms with van der Waals surface area (Å²) in [6.45, 7) is 3.30. The van der Waals surface area contributed by atoms with Crippen molar-refractivity contribution in [1.29, 1.82) is 0 Å². The Morgan fingerprint density at radius 2 is 2.50 bits per heavy atom. The summed E-state index contributed by atoms with van der Waals surface area (Å²) in [6.07, 6.45) is 3.02. The topological polar surface area (TPSA) is 66.0 Å². The van der Waals surface area contributed by atoms with Crippen LogP contribution in [0.1, 0.15) is 5.82 Å². The first-order valence-electron chi connectivity index (χ1n) is 2.64. The highest BCUT2D eigenvalue weighted by Gasteiger charge is 2.07. The fourth-order valence-electron chi connectivity index (χ4n) is 0.532. The van der Waals surface area contributed by atoms with Gasteiger partial charge in [-0.15, -0.1) is 0 Å². The van der Waals surface area contributed by atoms with Gasteiger partial charge in [-0.25, -0.2) is 9.78 Å². The largest absolute Gasteiger partial charge is 0.478 e. The van der Waals surface area contributed by atoms with E-state index in [0.29, 0.717) is 5.82 Å². The van der Waals surface area contributed by atoms with Gasteiger partial charge in [0.1, 0.15) is 5.82 Å². The monoisotopic (exact) mass is 138 g/mol. The number of aromatic nitrogens is 2. The zero-order valence-corrected chi connectivity index (χ0v) is 5.16. The molecular formula is C6H6N2O2. The van der Waals surface area contributed by atoms with Gasteiger partial charge in [0.05, 0.1) is 5.57 Å². The second kappa shape index (κ2) is 2.34. The Morgan fingerprint density at radius 1 is 1.80 bits per heavy atom. The van der Waals surface area contributed by atoms with Gasteiger partial charge < -0.3 is 10.1 Å². The van der Waals surface area contributed by atoms with Crippen molar-refractivity contribution in [3.8, 4) is 0 Å². The molecule has 0 aliphatic heterocycles. The fraction of sp³-hybridized carbons (Fsp3) is 0. The van der Waals surface area contributed by atoms with Crippen LogP contribution >= 0.6 is 0 Å². The maximum atomic E-state index is 10.2. The maximum absolute atomic E-state index is 10.2. The lowest BCUT2D eigenvalue weighted by atomic mass is 10.3. The summed E-state index contributed by atoms with van der Waals surface area (Å²) >= 11 is 0. The zero-order valence-electron chi connectivity index (χ0n) is 5.16. The minimum absolute atomic E-state index is 0.0231. The fourth-order valence-corrected chi connectivity index (χ4v) is 0.532. The maximum Gasteiger partial charge on any atom is 0.338 e. The standard InChI is InChI=1S/C6H6N2O2/c1-4(6(9)10)5-7-2-3-8-5/h2-3H,1H2,(H,7,8)(H,9,10). The quantitative estimate of drug-likeness (QED) is 0.585. The van der Waals surface area contributed by atoms with Crippen molar-refractivity contribution in [3.63, 3.8) is 0 Å². The van der Waals surface area contributed by atoms with Gasteiger partial charge in [-0.1, -0.05) is 6.58 Å². The normalized spacial score (nSPS) is 9.20. The third-order valence-electron chi connectivity index (χ3n) is 1.04. The Labute approximate surface area is 57.2 Å². The summed E-state index contributed by atoms with van der Waals surface area (Å²) in [5, 5.41) is 8.39. The highest BCUT2D eigenvalue weighted by atomic mass is 16.4. The van der Waals surface area contributed by atoms with Crippen LogP contribution in [-0.2, 0) is 4.79 Å². The first-order chi connectivity index (χ1) is 4.72. The molecule has 52 valence electrons. The molecule has 0 aromatic carbocycles. The second-order valence-corrected chi connectivity index (χ2v) is 1.72. The van der Waals surface area contributed by atoms with E-state index in [0.717, 1.165) is 0 Å². The molecule has 0 aliphatic carbocycles.